The fourth-order valence-corrected chi connectivity index (χ4v) is 6.71. The highest BCUT2D eigenvalue weighted by Gasteiger charge is 2.63. The van der Waals surface area contributed by atoms with Crippen molar-refractivity contribution in [3.8, 4) is 0 Å². The van der Waals surface area contributed by atoms with E-state index in [1.165, 1.54) is 38.5 Å². The number of alkyl halides is 1. The number of ether oxygens (including phenoxy) is 1. The van der Waals surface area contributed by atoms with Gasteiger partial charge in [0.05, 0.1) is 11.7 Å². The SMILES string of the molecule is CC1CCC(OC2(CBr)C3CCC(C3)C2(C)C)CC1C. The molecule has 0 aromatic heterocycles. The van der Waals surface area contributed by atoms with Gasteiger partial charge in [-0.05, 0) is 67.6 Å². The molecule has 20 heavy (non-hydrogen) atoms. The van der Waals surface area contributed by atoms with Crippen LogP contribution in [0.2, 0.25) is 0 Å². The fourth-order valence-electron chi connectivity index (χ4n) is 5.40. The molecule has 0 amide bonds. The van der Waals surface area contributed by atoms with E-state index < -0.39 is 0 Å². The van der Waals surface area contributed by atoms with Gasteiger partial charge in [0.25, 0.3) is 0 Å². The molecule has 0 saturated heterocycles. The van der Waals surface area contributed by atoms with Crippen LogP contribution in [0.4, 0.5) is 0 Å². The lowest BCUT2D eigenvalue weighted by atomic mass is 9.66. The third-order valence-corrected chi connectivity index (χ3v) is 8.16. The maximum absolute atomic E-state index is 6.91. The smallest absolute Gasteiger partial charge is 0.0863 e. The van der Waals surface area contributed by atoms with Gasteiger partial charge in [0.2, 0.25) is 0 Å². The Morgan fingerprint density at radius 3 is 2.20 bits per heavy atom. The Morgan fingerprint density at radius 2 is 1.65 bits per heavy atom. The average molecular weight is 343 g/mol. The first kappa shape index (κ1) is 15.3. The number of halogens is 1. The summed E-state index contributed by atoms with van der Waals surface area (Å²) in [7, 11) is 0. The van der Waals surface area contributed by atoms with Gasteiger partial charge in [0.15, 0.2) is 0 Å². The van der Waals surface area contributed by atoms with Crippen molar-refractivity contribution in [2.45, 2.75) is 77.9 Å². The number of hydrogen-bond donors (Lipinski definition) is 0. The number of hydrogen-bond acceptors (Lipinski definition) is 1. The molecule has 3 rings (SSSR count). The highest BCUT2D eigenvalue weighted by atomic mass is 79.9. The second-order valence-electron chi connectivity index (χ2n) is 8.46. The predicted molar refractivity (Wildman–Crippen MR) is 88.2 cm³/mol. The summed E-state index contributed by atoms with van der Waals surface area (Å²) < 4.78 is 6.91. The van der Waals surface area contributed by atoms with Gasteiger partial charge in [-0.3, -0.25) is 0 Å². The van der Waals surface area contributed by atoms with Crippen LogP contribution in [-0.2, 0) is 4.74 Å². The monoisotopic (exact) mass is 342 g/mol. The van der Waals surface area contributed by atoms with Crippen LogP contribution >= 0.6 is 15.9 Å². The van der Waals surface area contributed by atoms with Crippen molar-refractivity contribution in [3.63, 3.8) is 0 Å². The topological polar surface area (TPSA) is 9.23 Å². The Kier molecular flexibility index (Phi) is 4.04. The molecule has 0 N–H and O–H groups in total. The van der Waals surface area contributed by atoms with E-state index in [9.17, 15) is 0 Å². The van der Waals surface area contributed by atoms with Crippen LogP contribution in [0.25, 0.3) is 0 Å². The van der Waals surface area contributed by atoms with Crippen LogP contribution in [0.5, 0.6) is 0 Å². The van der Waals surface area contributed by atoms with E-state index in [4.69, 9.17) is 4.74 Å². The first-order valence-corrected chi connectivity index (χ1v) is 9.76. The summed E-state index contributed by atoms with van der Waals surface area (Å²) in [5, 5.41) is 1.02. The standard InChI is InChI=1S/C18H31BrO/c1-12-5-8-16(9-13(12)2)20-18(11-19)15-7-6-14(10-15)17(18,3)4/h12-16H,5-11H2,1-4H3. The predicted octanol–water partition coefficient (Wildman–Crippen LogP) is 5.42. The van der Waals surface area contributed by atoms with E-state index >= 15 is 0 Å². The van der Waals surface area contributed by atoms with Crippen molar-refractivity contribution in [1.82, 2.24) is 0 Å². The first-order chi connectivity index (χ1) is 9.40. The molecule has 3 aliphatic carbocycles. The summed E-state index contributed by atoms with van der Waals surface area (Å²) in [4.78, 5) is 0. The Balaban J connectivity index is 1.77. The van der Waals surface area contributed by atoms with Gasteiger partial charge in [-0.1, -0.05) is 43.6 Å². The summed E-state index contributed by atoms with van der Waals surface area (Å²) in [6.45, 7) is 9.75. The molecule has 2 heteroatoms. The lowest BCUT2D eigenvalue weighted by Crippen LogP contribution is -2.55. The van der Waals surface area contributed by atoms with Crippen molar-refractivity contribution in [1.29, 1.82) is 0 Å². The van der Waals surface area contributed by atoms with Gasteiger partial charge in [0, 0.05) is 5.33 Å². The summed E-state index contributed by atoms with van der Waals surface area (Å²) in [6.07, 6.45) is 8.59. The van der Waals surface area contributed by atoms with E-state index in [1.54, 1.807) is 0 Å². The minimum Gasteiger partial charge on any atom is -0.370 e. The molecule has 3 saturated carbocycles. The normalized spacial score (nSPS) is 50.5. The lowest BCUT2D eigenvalue weighted by molar-refractivity contribution is -0.181. The summed E-state index contributed by atoms with van der Waals surface area (Å²) in [6, 6.07) is 0. The molecule has 3 fully saturated rings. The highest BCUT2D eigenvalue weighted by molar-refractivity contribution is 9.09. The van der Waals surface area contributed by atoms with Crippen molar-refractivity contribution >= 4 is 15.9 Å². The molecular formula is C18H31BrO. The zero-order chi connectivity index (χ0) is 14.5. The zero-order valence-corrected chi connectivity index (χ0v) is 15.2. The number of fused-ring (bicyclic) bond motifs is 2. The van der Waals surface area contributed by atoms with Gasteiger partial charge < -0.3 is 4.74 Å². The molecule has 0 spiro atoms. The quantitative estimate of drug-likeness (QED) is 0.622. The molecule has 116 valence electrons. The summed E-state index contributed by atoms with van der Waals surface area (Å²) in [5.74, 6) is 3.37. The third-order valence-electron chi connectivity index (χ3n) is 7.33. The van der Waals surface area contributed by atoms with Gasteiger partial charge in [-0.15, -0.1) is 0 Å². The number of rotatable bonds is 3. The molecule has 6 atom stereocenters. The van der Waals surface area contributed by atoms with Crippen LogP contribution in [0.15, 0.2) is 0 Å². The first-order valence-electron chi connectivity index (χ1n) is 8.64. The Morgan fingerprint density at radius 1 is 0.950 bits per heavy atom. The van der Waals surface area contributed by atoms with Crippen molar-refractivity contribution in [3.05, 3.63) is 0 Å². The minimum absolute atomic E-state index is 0.0981. The molecule has 0 heterocycles. The van der Waals surface area contributed by atoms with Crippen molar-refractivity contribution in [2.24, 2.45) is 29.1 Å². The van der Waals surface area contributed by atoms with Gasteiger partial charge in [-0.25, -0.2) is 0 Å². The fraction of sp³-hybridized carbons (Fsp3) is 1.00. The molecule has 0 aromatic carbocycles. The summed E-state index contributed by atoms with van der Waals surface area (Å²) >= 11 is 3.84. The van der Waals surface area contributed by atoms with Crippen LogP contribution in [0, 0.1) is 29.1 Å². The maximum Gasteiger partial charge on any atom is 0.0863 e. The average Bonchev–Trinajstić information content (AvgIpc) is 2.96. The summed E-state index contributed by atoms with van der Waals surface area (Å²) in [5.41, 5.74) is 0.437. The van der Waals surface area contributed by atoms with Crippen LogP contribution < -0.4 is 0 Å². The zero-order valence-electron chi connectivity index (χ0n) is 13.6. The van der Waals surface area contributed by atoms with Gasteiger partial charge >= 0.3 is 0 Å². The van der Waals surface area contributed by atoms with Gasteiger partial charge in [0.1, 0.15) is 0 Å². The van der Waals surface area contributed by atoms with Gasteiger partial charge in [-0.2, -0.15) is 0 Å². The molecule has 0 aromatic rings. The van der Waals surface area contributed by atoms with Crippen molar-refractivity contribution in [2.75, 3.05) is 5.33 Å². The van der Waals surface area contributed by atoms with E-state index in [-0.39, 0.29) is 5.60 Å². The largest absolute Gasteiger partial charge is 0.370 e. The van der Waals surface area contributed by atoms with E-state index in [0.717, 1.165) is 29.0 Å². The van der Waals surface area contributed by atoms with Crippen molar-refractivity contribution < 1.29 is 4.74 Å². The van der Waals surface area contributed by atoms with Crippen LogP contribution in [0.3, 0.4) is 0 Å². The Bertz CT molecular complexity index is 366. The maximum atomic E-state index is 6.91. The van der Waals surface area contributed by atoms with Crippen LogP contribution in [0.1, 0.15) is 66.2 Å². The second-order valence-corrected chi connectivity index (χ2v) is 9.02. The molecule has 0 aliphatic heterocycles. The van der Waals surface area contributed by atoms with E-state index in [1.807, 2.05) is 0 Å². The molecule has 1 nitrogen and oxygen atoms in total. The van der Waals surface area contributed by atoms with E-state index in [2.05, 4.69) is 43.6 Å². The minimum atomic E-state index is 0.0981. The lowest BCUT2D eigenvalue weighted by Gasteiger charge is -2.51. The molecular weight excluding hydrogens is 312 g/mol. The molecule has 0 radical (unpaired) electrons. The van der Waals surface area contributed by atoms with E-state index in [0.29, 0.717) is 11.5 Å². The molecule has 6 unspecified atom stereocenters. The Hall–Kier alpha value is 0.440. The highest BCUT2D eigenvalue weighted by Crippen LogP contribution is 2.64. The second kappa shape index (κ2) is 5.26. The molecule has 3 aliphatic rings. The molecule has 2 bridgehead atoms. The Labute approximate surface area is 133 Å². The third kappa shape index (κ3) is 2.12. The van der Waals surface area contributed by atoms with Crippen LogP contribution in [-0.4, -0.2) is 17.0 Å².